The molecule has 2 atom stereocenters. The van der Waals surface area contributed by atoms with Gasteiger partial charge in [-0.05, 0) is 51.1 Å². The van der Waals surface area contributed by atoms with Crippen molar-refractivity contribution < 1.29 is 0 Å². The molecule has 0 aromatic rings. The Kier molecular flexibility index (Phi) is 3.45. The number of piperidine rings is 1. The maximum atomic E-state index is 3.48. The molecule has 1 saturated heterocycles. The third-order valence-corrected chi connectivity index (χ3v) is 3.76. The van der Waals surface area contributed by atoms with Gasteiger partial charge in [0.25, 0.3) is 0 Å². The van der Waals surface area contributed by atoms with Gasteiger partial charge >= 0.3 is 0 Å². The van der Waals surface area contributed by atoms with Crippen molar-refractivity contribution in [2.75, 3.05) is 26.7 Å². The van der Waals surface area contributed by atoms with Crippen molar-refractivity contribution in [1.29, 1.82) is 0 Å². The van der Waals surface area contributed by atoms with Crippen molar-refractivity contribution in [3.8, 4) is 0 Å². The molecule has 1 saturated carbocycles. The summed E-state index contributed by atoms with van der Waals surface area (Å²) in [4.78, 5) is 2.66. The largest absolute Gasteiger partial charge is 0.315 e. The van der Waals surface area contributed by atoms with Crippen molar-refractivity contribution >= 4 is 0 Å². The van der Waals surface area contributed by atoms with Crippen LogP contribution in [0, 0.1) is 11.8 Å². The number of nitrogens with zero attached hydrogens (tertiary/aromatic N) is 1. The summed E-state index contributed by atoms with van der Waals surface area (Å²) in [5.74, 6) is 1.90. The molecule has 82 valence electrons. The summed E-state index contributed by atoms with van der Waals surface area (Å²) >= 11 is 0. The zero-order valence-electron chi connectivity index (χ0n) is 9.63. The first-order valence-corrected chi connectivity index (χ1v) is 6.19. The van der Waals surface area contributed by atoms with Crippen LogP contribution in [-0.4, -0.2) is 37.6 Å². The van der Waals surface area contributed by atoms with Crippen molar-refractivity contribution in [3.63, 3.8) is 0 Å². The van der Waals surface area contributed by atoms with Crippen LogP contribution in [-0.2, 0) is 0 Å². The second-order valence-corrected chi connectivity index (χ2v) is 5.24. The minimum atomic E-state index is 0.764. The molecule has 1 heterocycles. The Balaban J connectivity index is 1.76. The topological polar surface area (TPSA) is 15.3 Å². The van der Waals surface area contributed by atoms with Crippen molar-refractivity contribution in [2.24, 2.45) is 11.8 Å². The van der Waals surface area contributed by atoms with Crippen LogP contribution >= 0.6 is 0 Å². The van der Waals surface area contributed by atoms with E-state index in [1.54, 1.807) is 0 Å². The molecule has 2 unspecified atom stereocenters. The highest BCUT2D eigenvalue weighted by molar-refractivity contribution is 4.88. The van der Waals surface area contributed by atoms with Crippen molar-refractivity contribution in [3.05, 3.63) is 0 Å². The predicted molar refractivity (Wildman–Crippen MR) is 60.4 cm³/mol. The Hall–Kier alpha value is -0.0800. The maximum Gasteiger partial charge on any atom is 0.0220 e. The van der Waals surface area contributed by atoms with Crippen LogP contribution in [0.3, 0.4) is 0 Å². The molecule has 1 aliphatic carbocycles. The fraction of sp³-hybridized carbons (Fsp3) is 1.00. The van der Waals surface area contributed by atoms with Crippen LogP contribution in [0.4, 0.5) is 0 Å². The summed E-state index contributed by atoms with van der Waals surface area (Å²) in [5.41, 5.74) is 0. The van der Waals surface area contributed by atoms with Gasteiger partial charge in [-0.25, -0.2) is 0 Å². The predicted octanol–water partition coefficient (Wildman–Crippen LogP) is 1.72. The smallest absolute Gasteiger partial charge is 0.0220 e. The van der Waals surface area contributed by atoms with Gasteiger partial charge in [0.15, 0.2) is 0 Å². The summed E-state index contributed by atoms with van der Waals surface area (Å²) in [6, 6.07) is 0.764. The van der Waals surface area contributed by atoms with E-state index in [1.165, 1.54) is 45.3 Å². The monoisotopic (exact) mass is 196 g/mol. The summed E-state index contributed by atoms with van der Waals surface area (Å²) in [7, 11) is 2.12. The molecule has 0 aromatic carbocycles. The average Bonchev–Trinajstić information content (AvgIpc) is 2.97. The molecule has 2 rings (SSSR count). The van der Waals surface area contributed by atoms with E-state index in [-0.39, 0.29) is 0 Å². The van der Waals surface area contributed by atoms with E-state index < -0.39 is 0 Å². The molecule has 14 heavy (non-hydrogen) atoms. The molecule has 0 spiro atoms. The number of likely N-dealkylation sites (N-methyl/N-ethyl adjacent to an activating group) is 1. The molecular formula is C12H24N2. The number of nitrogens with one attached hydrogen (secondary N) is 1. The van der Waals surface area contributed by atoms with Gasteiger partial charge in [0.2, 0.25) is 0 Å². The van der Waals surface area contributed by atoms with Gasteiger partial charge in [0.1, 0.15) is 0 Å². The van der Waals surface area contributed by atoms with E-state index in [0.717, 1.165) is 17.9 Å². The van der Waals surface area contributed by atoms with Crippen LogP contribution in [0.15, 0.2) is 0 Å². The molecule has 0 aromatic heterocycles. The lowest BCUT2D eigenvalue weighted by atomic mass is 9.99. The van der Waals surface area contributed by atoms with Gasteiger partial charge in [-0.1, -0.05) is 6.92 Å². The molecule has 1 N–H and O–H groups in total. The highest BCUT2D eigenvalue weighted by atomic mass is 15.2. The minimum absolute atomic E-state index is 0.764. The maximum absolute atomic E-state index is 3.48. The van der Waals surface area contributed by atoms with Gasteiger partial charge in [-0.2, -0.15) is 0 Å². The molecule has 2 aliphatic rings. The van der Waals surface area contributed by atoms with E-state index in [9.17, 15) is 0 Å². The Morgan fingerprint density at radius 2 is 2.14 bits per heavy atom. The SMILES string of the molecule is CNC(CN1CCCC(C)C1)C1CC1. The lowest BCUT2D eigenvalue weighted by molar-refractivity contribution is 0.163. The number of likely N-dealkylation sites (tertiary alicyclic amines) is 1. The second kappa shape index (κ2) is 4.63. The average molecular weight is 196 g/mol. The number of hydrogen-bond acceptors (Lipinski definition) is 2. The fourth-order valence-electron chi connectivity index (χ4n) is 2.71. The first kappa shape index (κ1) is 10.4. The summed E-state index contributed by atoms with van der Waals surface area (Å²) in [6.45, 7) is 6.32. The molecule has 2 nitrogen and oxygen atoms in total. The minimum Gasteiger partial charge on any atom is -0.315 e. The number of rotatable bonds is 4. The second-order valence-electron chi connectivity index (χ2n) is 5.24. The highest BCUT2D eigenvalue weighted by Crippen LogP contribution is 2.33. The van der Waals surface area contributed by atoms with Gasteiger partial charge in [-0.15, -0.1) is 0 Å². The molecular weight excluding hydrogens is 172 g/mol. The quantitative estimate of drug-likeness (QED) is 0.736. The summed E-state index contributed by atoms with van der Waals surface area (Å²) in [6.07, 6.45) is 5.75. The third-order valence-electron chi connectivity index (χ3n) is 3.76. The Labute approximate surface area is 88.1 Å². The van der Waals surface area contributed by atoms with Crippen molar-refractivity contribution in [1.82, 2.24) is 10.2 Å². The van der Waals surface area contributed by atoms with Gasteiger partial charge in [0.05, 0.1) is 0 Å². The fourth-order valence-corrected chi connectivity index (χ4v) is 2.71. The van der Waals surface area contributed by atoms with Crippen LogP contribution in [0.5, 0.6) is 0 Å². The van der Waals surface area contributed by atoms with Crippen LogP contribution in [0.2, 0.25) is 0 Å². The standard InChI is InChI=1S/C12H24N2/c1-10-4-3-7-14(8-10)9-12(13-2)11-5-6-11/h10-13H,3-9H2,1-2H3. The summed E-state index contributed by atoms with van der Waals surface area (Å²) < 4.78 is 0. The first-order valence-electron chi connectivity index (χ1n) is 6.19. The zero-order valence-corrected chi connectivity index (χ0v) is 9.63. The van der Waals surface area contributed by atoms with Crippen molar-refractivity contribution in [2.45, 2.75) is 38.6 Å². The molecule has 1 aliphatic heterocycles. The highest BCUT2D eigenvalue weighted by Gasteiger charge is 2.31. The van der Waals surface area contributed by atoms with Crippen LogP contribution in [0.1, 0.15) is 32.6 Å². The Morgan fingerprint density at radius 1 is 1.36 bits per heavy atom. The molecule has 0 amide bonds. The molecule has 0 radical (unpaired) electrons. The van der Waals surface area contributed by atoms with Crippen LogP contribution in [0.25, 0.3) is 0 Å². The lowest BCUT2D eigenvalue weighted by Crippen LogP contribution is -2.44. The van der Waals surface area contributed by atoms with Crippen LogP contribution < -0.4 is 5.32 Å². The summed E-state index contributed by atoms with van der Waals surface area (Å²) in [5, 5.41) is 3.48. The van der Waals surface area contributed by atoms with E-state index in [0.29, 0.717) is 0 Å². The lowest BCUT2D eigenvalue weighted by Gasteiger charge is -2.33. The van der Waals surface area contributed by atoms with E-state index >= 15 is 0 Å². The molecule has 0 bridgehead atoms. The van der Waals surface area contributed by atoms with Gasteiger partial charge in [-0.3, -0.25) is 0 Å². The normalized spacial score (nSPS) is 31.7. The molecule has 2 heteroatoms. The van der Waals surface area contributed by atoms with E-state index in [1.807, 2.05) is 0 Å². The van der Waals surface area contributed by atoms with Gasteiger partial charge in [0, 0.05) is 19.1 Å². The first-order chi connectivity index (χ1) is 6.79. The third kappa shape index (κ3) is 2.71. The molecule has 2 fully saturated rings. The number of hydrogen-bond donors (Lipinski definition) is 1. The van der Waals surface area contributed by atoms with Gasteiger partial charge < -0.3 is 10.2 Å². The van der Waals surface area contributed by atoms with E-state index in [4.69, 9.17) is 0 Å². The Morgan fingerprint density at radius 3 is 2.71 bits per heavy atom. The Bertz CT molecular complexity index is 177. The van der Waals surface area contributed by atoms with E-state index in [2.05, 4.69) is 24.2 Å². The zero-order chi connectivity index (χ0) is 9.97.